The van der Waals surface area contributed by atoms with Gasteiger partial charge in [0.2, 0.25) is 15.9 Å². The number of hydrogen-bond acceptors (Lipinski definition) is 3. The molecule has 0 fully saturated rings. The number of hydrogen-bond donors (Lipinski definition) is 2. The van der Waals surface area contributed by atoms with E-state index in [4.69, 9.17) is 0 Å². The van der Waals surface area contributed by atoms with Crippen molar-refractivity contribution < 1.29 is 17.6 Å². The van der Waals surface area contributed by atoms with Crippen LogP contribution in [0.4, 0.5) is 10.1 Å². The van der Waals surface area contributed by atoms with Crippen molar-refractivity contribution in [2.75, 3.05) is 5.32 Å². The lowest BCUT2D eigenvalue weighted by molar-refractivity contribution is -0.118. The van der Waals surface area contributed by atoms with Gasteiger partial charge < -0.3 is 5.32 Å². The monoisotopic (exact) mass is 378 g/mol. The average Bonchev–Trinajstić information content (AvgIpc) is 2.60. The zero-order valence-corrected chi connectivity index (χ0v) is 15.8. The lowest BCUT2D eigenvalue weighted by atomic mass is 10.0. The lowest BCUT2D eigenvalue weighted by Crippen LogP contribution is -2.47. The van der Waals surface area contributed by atoms with Crippen LogP contribution < -0.4 is 10.0 Å². The van der Waals surface area contributed by atoms with Crippen molar-refractivity contribution >= 4 is 21.6 Å². The molecule has 140 valence electrons. The fourth-order valence-electron chi connectivity index (χ4n) is 2.43. The fourth-order valence-corrected chi connectivity index (χ4v) is 3.85. The summed E-state index contributed by atoms with van der Waals surface area (Å²) in [5, 5.41) is 2.70. The van der Waals surface area contributed by atoms with E-state index in [1.807, 2.05) is 19.1 Å². The standard InChI is InChI=1S/C19H23FN2O3S/c1-4-14-9-11-15(12-10-14)21-19(23)18(13(2)3)22-26(24,25)17-8-6-5-7-16(17)20/h5-13,18,22H,4H2,1-3H3,(H,21,23)/t18-/m1/s1. The Kier molecular flexibility index (Phi) is 6.50. The molecule has 2 aromatic carbocycles. The molecule has 0 saturated heterocycles. The maximum absolute atomic E-state index is 13.8. The number of benzene rings is 2. The van der Waals surface area contributed by atoms with Crippen LogP contribution in [0.2, 0.25) is 0 Å². The van der Waals surface area contributed by atoms with Gasteiger partial charge >= 0.3 is 0 Å². The van der Waals surface area contributed by atoms with E-state index in [9.17, 15) is 17.6 Å². The maximum atomic E-state index is 13.8. The van der Waals surface area contributed by atoms with Gasteiger partial charge in [-0.2, -0.15) is 4.72 Å². The van der Waals surface area contributed by atoms with Gasteiger partial charge in [-0.25, -0.2) is 12.8 Å². The van der Waals surface area contributed by atoms with Crippen LogP contribution in [0.1, 0.15) is 26.3 Å². The van der Waals surface area contributed by atoms with Crippen molar-refractivity contribution in [3.05, 3.63) is 59.9 Å². The zero-order chi connectivity index (χ0) is 19.3. The predicted molar refractivity (Wildman–Crippen MR) is 99.8 cm³/mol. The summed E-state index contributed by atoms with van der Waals surface area (Å²) in [7, 11) is -4.17. The molecule has 0 heterocycles. The number of anilines is 1. The van der Waals surface area contributed by atoms with E-state index < -0.39 is 32.7 Å². The number of nitrogens with one attached hydrogen (secondary N) is 2. The van der Waals surface area contributed by atoms with Gasteiger partial charge in [0, 0.05) is 5.69 Å². The van der Waals surface area contributed by atoms with Gasteiger partial charge in [0.05, 0.1) is 0 Å². The van der Waals surface area contributed by atoms with Crippen LogP contribution in [-0.4, -0.2) is 20.4 Å². The molecule has 0 aliphatic rings. The Morgan fingerprint density at radius 1 is 1.08 bits per heavy atom. The van der Waals surface area contributed by atoms with Crippen LogP contribution in [-0.2, 0) is 21.2 Å². The van der Waals surface area contributed by atoms with Gasteiger partial charge in [-0.1, -0.05) is 45.0 Å². The number of sulfonamides is 1. The number of amides is 1. The Morgan fingerprint density at radius 2 is 1.69 bits per heavy atom. The van der Waals surface area contributed by atoms with Gasteiger partial charge in [-0.15, -0.1) is 0 Å². The molecule has 2 rings (SSSR count). The minimum atomic E-state index is -4.17. The number of rotatable bonds is 7. The Hall–Kier alpha value is -2.25. The van der Waals surface area contributed by atoms with E-state index in [0.717, 1.165) is 24.1 Å². The van der Waals surface area contributed by atoms with E-state index >= 15 is 0 Å². The first-order valence-electron chi connectivity index (χ1n) is 8.41. The van der Waals surface area contributed by atoms with Crippen molar-refractivity contribution in [3.63, 3.8) is 0 Å². The topological polar surface area (TPSA) is 75.3 Å². The van der Waals surface area contributed by atoms with Gasteiger partial charge in [0.15, 0.2) is 0 Å². The summed E-state index contributed by atoms with van der Waals surface area (Å²) in [5.41, 5.74) is 1.70. The van der Waals surface area contributed by atoms with E-state index in [-0.39, 0.29) is 5.92 Å². The quantitative estimate of drug-likeness (QED) is 0.776. The Balaban J connectivity index is 2.19. The molecule has 7 heteroatoms. The maximum Gasteiger partial charge on any atom is 0.244 e. The normalized spacial score (nSPS) is 12.8. The molecule has 0 radical (unpaired) electrons. The first kappa shape index (κ1) is 20.1. The van der Waals surface area contributed by atoms with Gasteiger partial charge in [0.1, 0.15) is 16.8 Å². The van der Waals surface area contributed by atoms with Crippen molar-refractivity contribution in [2.45, 2.75) is 38.1 Å². The third kappa shape index (κ3) is 4.89. The summed E-state index contributed by atoms with van der Waals surface area (Å²) in [6.07, 6.45) is 0.880. The van der Waals surface area contributed by atoms with Crippen molar-refractivity contribution in [1.29, 1.82) is 0 Å². The molecule has 1 amide bonds. The van der Waals surface area contributed by atoms with Crippen molar-refractivity contribution in [1.82, 2.24) is 4.72 Å². The molecule has 0 aromatic heterocycles. The third-order valence-corrected chi connectivity index (χ3v) is 5.46. The predicted octanol–water partition coefficient (Wildman–Crippen LogP) is 3.33. The van der Waals surface area contributed by atoms with Gasteiger partial charge in [-0.05, 0) is 42.2 Å². The molecule has 0 aliphatic heterocycles. The molecule has 1 atom stereocenters. The second-order valence-electron chi connectivity index (χ2n) is 6.31. The highest BCUT2D eigenvalue weighted by molar-refractivity contribution is 7.89. The summed E-state index contributed by atoms with van der Waals surface area (Å²) in [6, 6.07) is 11.3. The summed E-state index contributed by atoms with van der Waals surface area (Å²) in [5.74, 6) is -1.69. The van der Waals surface area contributed by atoms with Crippen LogP contribution in [0, 0.1) is 11.7 Å². The molecule has 0 unspecified atom stereocenters. The molecule has 0 spiro atoms. The minimum Gasteiger partial charge on any atom is -0.325 e. The average molecular weight is 378 g/mol. The Labute approximate surface area is 153 Å². The first-order chi connectivity index (χ1) is 12.2. The van der Waals surface area contributed by atoms with Crippen molar-refractivity contribution in [3.8, 4) is 0 Å². The SMILES string of the molecule is CCc1ccc(NC(=O)[C@H](NS(=O)(=O)c2ccccc2F)C(C)C)cc1. The molecule has 26 heavy (non-hydrogen) atoms. The highest BCUT2D eigenvalue weighted by atomic mass is 32.2. The van der Waals surface area contributed by atoms with E-state index in [2.05, 4.69) is 10.0 Å². The summed E-state index contributed by atoms with van der Waals surface area (Å²) in [6.45, 7) is 5.46. The summed E-state index contributed by atoms with van der Waals surface area (Å²) < 4.78 is 41.1. The second kappa shape index (κ2) is 8.42. The lowest BCUT2D eigenvalue weighted by Gasteiger charge is -2.22. The van der Waals surface area contributed by atoms with E-state index in [0.29, 0.717) is 5.69 Å². The molecule has 0 saturated carbocycles. The number of carbonyl (C=O) groups excluding carboxylic acids is 1. The highest BCUT2D eigenvalue weighted by Gasteiger charge is 2.29. The number of carbonyl (C=O) groups is 1. The Bertz CT molecular complexity index is 865. The first-order valence-corrected chi connectivity index (χ1v) is 9.89. The molecule has 0 bridgehead atoms. The second-order valence-corrected chi connectivity index (χ2v) is 8.00. The van der Waals surface area contributed by atoms with Crippen LogP contribution in [0.5, 0.6) is 0 Å². The number of halogens is 1. The van der Waals surface area contributed by atoms with Gasteiger partial charge in [-0.3, -0.25) is 4.79 Å². The van der Waals surface area contributed by atoms with Gasteiger partial charge in [0.25, 0.3) is 0 Å². The van der Waals surface area contributed by atoms with E-state index in [1.54, 1.807) is 26.0 Å². The van der Waals surface area contributed by atoms with E-state index in [1.165, 1.54) is 12.1 Å². The van der Waals surface area contributed by atoms with Crippen LogP contribution >= 0.6 is 0 Å². The molecule has 0 aliphatic carbocycles. The highest BCUT2D eigenvalue weighted by Crippen LogP contribution is 2.17. The molecular weight excluding hydrogens is 355 g/mol. The smallest absolute Gasteiger partial charge is 0.244 e. The van der Waals surface area contributed by atoms with Crippen molar-refractivity contribution in [2.24, 2.45) is 5.92 Å². The molecular formula is C19H23FN2O3S. The zero-order valence-electron chi connectivity index (χ0n) is 15.0. The Morgan fingerprint density at radius 3 is 2.23 bits per heavy atom. The summed E-state index contributed by atoms with van der Waals surface area (Å²) in [4.78, 5) is 12.1. The molecule has 2 N–H and O–H groups in total. The largest absolute Gasteiger partial charge is 0.325 e. The van der Waals surface area contributed by atoms with Crippen LogP contribution in [0.3, 0.4) is 0 Å². The summed E-state index contributed by atoms with van der Waals surface area (Å²) >= 11 is 0. The van der Waals surface area contributed by atoms with Crippen LogP contribution in [0.25, 0.3) is 0 Å². The number of aryl methyl sites for hydroxylation is 1. The molecule has 2 aromatic rings. The fraction of sp³-hybridized carbons (Fsp3) is 0.316. The molecule has 5 nitrogen and oxygen atoms in total. The van der Waals surface area contributed by atoms with Crippen LogP contribution in [0.15, 0.2) is 53.4 Å². The minimum absolute atomic E-state index is 0.327. The third-order valence-electron chi connectivity index (χ3n) is 3.99.